The number of amides is 2. The molecule has 2 aromatic carbocycles. The van der Waals surface area contributed by atoms with E-state index in [1.807, 2.05) is 0 Å². The van der Waals surface area contributed by atoms with Crippen LogP contribution < -0.4 is 0 Å². The Morgan fingerprint density at radius 2 is 1.88 bits per heavy atom. The van der Waals surface area contributed by atoms with Gasteiger partial charge in [-0.15, -0.1) is 0 Å². The molecule has 1 aliphatic heterocycles. The Kier molecular flexibility index (Phi) is 4.57. The van der Waals surface area contributed by atoms with Gasteiger partial charge in [-0.3, -0.25) is 14.8 Å². The molecule has 2 amide bonds. The predicted octanol–water partition coefficient (Wildman–Crippen LogP) is 3.41. The number of hydrogen-bond acceptors (Lipinski definition) is 3. The Hall–Kier alpha value is -2.32. The van der Waals surface area contributed by atoms with Crippen molar-refractivity contribution >= 4 is 27.7 Å². The van der Waals surface area contributed by atoms with E-state index in [0.29, 0.717) is 20.7 Å². The van der Waals surface area contributed by atoms with Crippen molar-refractivity contribution in [3.8, 4) is 0 Å². The first-order valence-electron chi connectivity index (χ1n) is 7.32. The zero-order valence-electron chi connectivity index (χ0n) is 13.0. The SMILES string of the molecule is Cc1cc(F)c(C(=O)N2CC(=O)N(O)C2c2cccc(Br)c2)c(F)c1. The first kappa shape index (κ1) is 17.5. The van der Waals surface area contributed by atoms with Crippen LogP contribution in [0.25, 0.3) is 0 Å². The smallest absolute Gasteiger partial charge is 0.267 e. The van der Waals surface area contributed by atoms with Crippen LogP contribution in [0.15, 0.2) is 40.9 Å². The second-order valence-electron chi connectivity index (χ2n) is 5.70. The van der Waals surface area contributed by atoms with Crippen molar-refractivity contribution in [2.75, 3.05) is 6.54 Å². The minimum absolute atomic E-state index is 0.330. The highest BCUT2D eigenvalue weighted by Gasteiger charge is 2.42. The van der Waals surface area contributed by atoms with E-state index in [0.717, 1.165) is 17.0 Å². The number of hydroxylamine groups is 2. The Balaban J connectivity index is 2.05. The summed E-state index contributed by atoms with van der Waals surface area (Å²) in [5, 5.41) is 10.4. The minimum atomic E-state index is -1.17. The molecule has 1 aliphatic rings. The molecule has 1 N–H and O–H groups in total. The molecule has 0 radical (unpaired) electrons. The third-order valence-corrected chi connectivity index (χ3v) is 4.39. The third kappa shape index (κ3) is 3.14. The molecule has 25 heavy (non-hydrogen) atoms. The van der Waals surface area contributed by atoms with E-state index in [1.54, 1.807) is 24.3 Å². The van der Waals surface area contributed by atoms with Crippen molar-refractivity contribution < 1.29 is 23.6 Å². The van der Waals surface area contributed by atoms with Crippen LogP contribution in [0, 0.1) is 18.6 Å². The molecule has 3 rings (SSSR count). The summed E-state index contributed by atoms with van der Waals surface area (Å²) in [6.07, 6.45) is -1.17. The van der Waals surface area contributed by atoms with Crippen LogP contribution in [0.2, 0.25) is 0 Å². The maximum atomic E-state index is 14.1. The van der Waals surface area contributed by atoms with E-state index >= 15 is 0 Å². The Labute approximate surface area is 150 Å². The minimum Gasteiger partial charge on any atom is -0.302 e. The van der Waals surface area contributed by atoms with Crippen molar-refractivity contribution in [3.63, 3.8) is 0 Å². The average Bonchev–Trinajstić information content (AvgIpc) is 2.82. The van der Waals surface area contributed by atoms with Gasteiger partial charge in [0.2, 0.25) is 0 Å². The molecule has 1 fully saturated rings. The fourth-order valence-electron chi connectivity index (χ4n) is 2.79. The fourth-order valence-corrected chi connectivity index (χ4v) is 3.21. The lowest BCUT2D eigenvalue weighted by molar-refractivity contribution is -0.168. The van der Waals surface area contributed by atoms with Crippen LogP contribution in [0.1, 0.15) is 27.7 Å². The van der Waals surface area contributed by atoms with Crippen LogP contribution in [0.4, 0.5) is 8.78 Å². The van der Waals surface area contributed by atoms with Crippen molar-refractivity contribution in [1.82, 2.24) is 9.96 Å². The van der Waals surface area contributed by atoms with Gasteiger partial charge in [-0.1, -0.05) is 28.1 Å². The monoisotopic (exact) mass is 410 g/mol. The molecule has 0 saturated carbocycles. The summed E-state index contributed by atoms with van der Waals surface area (Å²) >= 11 is 3.27. The largest absolute Gasteiger partial charge is 0.302 e. The van der Waals surface area contributed by atoms with Gasteiger partial charge < -0.3 is 4.90 Å². The van der Waals surface area contributed by atoms with Crippen molar-refractivity contribution in [2.24, 2.45) is 0 Å². The lowest BCUT2D eigenvalue weighted by atomic mass is 10.1. The van der Waals surface area contributed by atoms with Crippen LogP contribution in [-0.4, -0.2) is 33.5 Å². The van der Waals surface area contributed by atoms with Gasteiger partial charge in [0.05, 0.1) is 0 Å². The van der Waals surface area contributed by atoms with Crippen LogP contribution in [0.5, 0.6) is 0 Å². The van der Waals surface area contributed by atoms with Gasteiger partial charge in [-0.05, 0) is 42.3 Å². The first-order chi connectivity index (χ1) is 11.8. The molecule has 1 atom stereocenters. The van der Waals surface area contributed by atoms with E-state index in [1.165, 1.54) is 6.92 Å². The fraction of sp³-hybridized carbons (Fsp3) is 0.176. The van der Waals surface area contributed by atoms with Gasteiger partial charge in [-0.25, -0.2) is 8.78 Å². The van der Waals surface area contributed by atoms with Gasteiger partial charge >= 0.3 is 0 Å². The lowest BCUT2D eigenvalue weighted by Crippen LogP contribution is -2.35. The number of hydrogen-bond donors (Lipinski definition) is 1. The van der Waals surface area contributed by atoms with E-state index in [-0.39, 0.29) is 0 Å². The van der Waals surface area contributed by atoms with E-state index in [9.17, 15) is 23.6 Å². The van der Waals surface area contributed by atoms with E-state index < -0.39 is 41.7 Å². The third-order valence-electron chi connectivity index (χ3n) is 3.90. The topological polar surface area (TPSA) is 60.9 Å². The Morgan fingerprint density at radius 3 is 2.48 bits per heavy atom. The number of rotatable bonds is 2. The molecule has 0 bridgehead atoms. The predicted molar refractivity (Wildman–Crippen MR) is 87.6 cm³/mol. The maximum absolute atomic E-state index is 14.1. The highest BCUT2D eigenvalue weighted by Crippen LogP contribution is 2.33. The molecule has 1 unspecified atom stereocenters. The standard InChI is InChI=1S/C17H13BrF2N2O3/c1-9-5-12(19)15(13(20)6-9)17(24)21-8-14(23)22(25)16(21)10-3-2-4-11(18)7-10/h2-7,16,25H,8H2,1H3. The molecule has 1 heterocycles. The van der Waals surface area contributed by atoms with Crippen LogP contribution in [0.3, 0.4) is 0 Å². The van der Waals surface area contributed by atoms with Crippen molar-refractivity contribution in [3.05, 3.63) is 69.2 Å². The molecule has 1 saturated heterocycles. The van der Waals surface area contributed by atoms with Crippen LogP contribution in [-0.2, 0) is 4.79 Å². The van der Waals surface area contributed by atoms with Crippen molar-refractivity contribution in [2.45, 2.75) is 13.1 Å². The molecule has 130 valence electrons. The van der Waals surface area contributed by atoms with Gasteiger partial charge in [0.1, 0.15) is 23.7 Å². The number of nitrogens with zero attached hydrogens (tertiary/aromatic N) is 2. The summed E-state index contributed by atoms with van der Waals surface area (Å²) in [7, 11) is 0. The van der Waals surface area contributed by atoms with Gasteiger partial charge in [0, 0.05) is 4.47 Å². The van der Waals surface area contributed by atoms with E-state index in [2.05, 4.69) is 15.9 Å². The summed E-state index contributed by atoms with van der Waals surface area (Å²) in [5.74, 6) is -3.78. The molecule has 0 spiro atoms. The second-order valence-corrected chi connectivity index (χ2v) is 6.62. The van der Waals surface area contributed by atoms with E-state index in [4.69, 9.17) is 0 Å². The number of carbonyl (C=O) groups excluding carboxylic acids is 2. The quantitative estimate of drug-likeness (QED) is 0.771. The number of benzene rings is 2. The van der Waals surface area contributed by atoms with Gasteiger partial charge in [0.25, 0.3) is 11.8 Å². The van der Waals surface area contributed by atoms with Crippen LogP contribution >= 0.6 is 15.9 Å². The summed E-state index contributed by atoms with van der Waals surface area (Å²) in [4.78, 5) is 25.5. The highest BCUT2D eigenvalue weighted by molar-refractivity contribution is 9.10. The molecular weight excluding hydrogens is 398 g/mol. The second kappa shape index (κ2) is 6.53. The number of carbonyl (C=O) groups is 2. The summed E-state index contributed by atoms with van der Waals surface area (Å²) in [6, 6.07) is 8.67. The maximum Gasteiger partial charge on any atom is 0.267 e. The Bertz CT molecular complexity index is 852. The molecular formula is C17H13BrF2N2O3. The molecule has 2 aromatic rings. The normalized spacial score (nSPS) is 17.3. The molecule has 8 heteroatoms. The summed E-state index contributed by atoms with van der Waals surface area (Å²) < 4.78 is 29.0. The highest BCUT2D eigenvalue weighted by atomic mass is 79.9. The van der Waals surface area contributed by atoms with Gasteiger partial charge in [-0.2, -0.15) is 5.06 Å². The number of halogens is 3. The average molecular weight is 411 g/mol. The molecule has 0 aliphatic carbocycles. The van der Waals surface area contributed by atoms with Crippen molar-refractivity contribution in [1.29, 1.82) is 0 Å². The summed E-state index contributed by atoms with van der Waals surface area (Å²) in [6.45, 7) is 1.01. The lowest BCUT2D eigenvalue weighted by Gasteiger charge is -2.27. The molecule has 5 nitrogen and oxygen atoms in total. The molecule has 0 aromatic heterocycles. The zero-order chi connectivity index (χ0) is 18.3. The first-order valence-corrected chi connectivity index (χ1v) is 8.12. The Morgan fingerprint density at radius 1 is 1.24 bits per heavy atom. The zero-order valence-corrected chi connectivity index (χ0v) is 14.6. The summed E-state index contributed by atoms with van der Waals surface area (Å²) in [5.41, 5.74) is -0.00549. The number of aryl methyl sites for hydroxylation is 1. The van der Waals surface area contributed by atoms with Gasteiger partial charge in [0.15, 0.2) is 6.17 Å².